The highest BCUT2D eigenvalue weighted by Gasteiger charge is 2.12. The Hall–Kier alpha value is -1.27. The second-order valence-corrected chi connectivity index (χ2v) is 4.98. The largest absolute Gasteiger partial charge is 0.319 e. The Morgan fingerprint density at radius 3 is 2.71 bits per heavy atom. The van der Waals surface area contributed by atoms with Gasteiger partial charge in [-0.2, -0.15) is 0 Å². The van der Waals surface area contributed by atoms with Gasteiger partial charge in [0.1, 0.15) is 11.6 Å². The van der Waals surface area contributed by atoms with Crippen molar-refractivity contribution in [2.75, 3.05) is 5.32 Å². The summed E-state index contributed by atoms with van der Waals surface area (Å²) in [7, 11) is 0. The highest BCUT2D eigenvalue weighted by molar-refractivity contribution is 9.10. The van der Waals surface area contributed by atoms with Crippen molar-refractivity contribution in [2.24, 2.45) is 0 Å². The van der Waals surface area contributed by atoms with Crippen molar-refractivity contribution < 1.29 is 13.6 Å². The molecule has 0 atom stereocenters. The number of anilines is 1. The molecule has 0 saturated heterocycles. The lowest BCUT2D eigenvalue weighted by atomic mass is 10.3. The number of benzene rings is 1. The van der Waals surface area contributed by atoms with Crippen LogP contribution in [0.5, 0.6) is 0 Å². The summed E-state index contributed by atoms with van der Waals surface area (Å²) in [5.74, 6) is -1.94. The molecule has 0 unspecified atom stereocenters. The van der Waals surface area contributed by atoms with Gasteiger partial charge in [0.25, 0.3) is 5.91 Å². The molecule has 0 saturated carbocycles. The lowest BCUT2D eigenvalue weighted by molar-refractivity contribution is 0.103. The fourth-order valence-electron chi connectivity index (χ4n) is 1.21. The van der Waals surface area contributed by atoms with Crippen LogP contribution in [0.15, 0.2) is 34.1 Å². The molecule has 2 aromatic rings. The number of carbonyl (C=O) groups excluding carboxylic acids is 1. The van der Waals surface area contributed by atoms with E-state index in [1.165, 1.54) is 17.4 Å². The summed E-state index contributed by atoms with van der Waals surface area (Å²) < 4.78 is 26.4. The maximum absolute atomic E-state index is 13.4. The van der Waals surface area contributed by atoms with Crippen molar-refractivity contribution in [2.45, 2.75) is 0 Å². The number of amides is 1. The van der Waals surface area contributed by atoms with Gasteiger partial charge in [-0.3, -0.25) is 4.79 Å². The van der Waals surface area contributed by atoms with E-state index in [4.69, 9.17) is 0 Å². The van der Waals surface area contributed by atoms with E-state index in [0.717, 1.165) is 0 Å². The molecule has 1 aromatic carbocycles. The number of hydrogen-bond acceptors (Lipinski definition) is 2. The van der Waals surface area contributed by atoms with Crippen LogP contribution in [-0.2, 0) is 0 Å². The van der Waals surface area contributed by atoms with Crippen LogP contribution in [0.2, 0.25) is 0 Å². The summed E-state index contributed by atoms with van der Waals surface area (Å²) in [6.07, 6.45) is 0. The number of carbonyl (C=O) groups is 1. The monoisotopic (exact) mass is 317 g/mol. The molecule has 0 fully saturated rings. The Balaban J connectivity index is 2.25. The maximum Gasteiger partial charge on any atom is 0.265 e. The minimum Gasteiger partial charge on any atom is -0.319 e. The van der Waals surface area contributed by atoms with Crippen molar-refractivity contribution >= 4 is 38.9 Å². The van der Waals surface area contributed by atoms with Crippen LogP contribution in [0.1, 0.15) is 9.67 Å². The molecule has 1 aromatic heterocycles. The van der Waals surface area contributed by atoms with E-state index in [9.17, 15) is 13.6 Å². The first kappa shape index (κ1) is 12.2. The Labute approximate surface area is 108 Å². The lowest BCUT2D eigenvalue weighted by Gasteiger charge is -2.06. The molecule has 6 heteroatoms. The third-order valence-corrected chi connectivity index (χ3v) is 3.48. The number of thiophene rings is 1. The first-order valence-corrected chi connectivity index (χ1v) is 6.24. The number of rotatable bonds is 2. The smallest absolute Gasteiger partial charge is 0.265 e. The van der Waals surface area contributed by atoms with Crippen LogP contribution in [0.3, 0.4) is 0 Å². The summed E-state index contributed by atoms with van der Waals surface area (Å²) in [5.41, 5.74) is -0.0586. The molecule has 1 amide bonds. The zero-order valence-corrected chi connectivity index (χ0v) is 10.7. The van der Waals surface area contributed by atoms with Gasteiger partial charge in [0.05, 0.1) is 15.0 Å². The van der Waals surface area contributed by atoms with Crippen molar-refractivity contribution in [3.8, 4) is 0 Å². The minimum atomic E-state index is -0.810. The summed E-state index contributed by atoms with van der Waals surface area (Å²) in [5, 5.41) is 4.12. The van der Waals surface area contributed by atoms with E-state index < -0.39 is 17.5 Å². The first-order chi connectivity index (χ1) is 8.08. The molecule has 2 rings (SSSR count). The van der Waals surface area contributed by atoms with Gasteiger partial charge in [0, 0.05) is 6.07 Å². The van der Waals surface area contributed by atoms with Gasteiger partial charge in [0.15, 0.2) is 0 Å². The maximum atomic E-state index is 13.4. The van der Waals surface area contributed by atoms with E-state index in [-0.39, 0.29) is 10.2 Å². The average molecular weight is 318 g/mol. The predicted octanol–water partition coefficient (Wildman–Crippen LogP) is 4.04. The Morgan fingerprint density at radius 2 is 2.06 bits per heavy atom. The highest BCUT2D eigenvalue weighted by atomic mass is 79.9. The van der Waals surface area contributed by atoms with E-state index in [2.05, 4.69) is 21.2 Å². The molecule has 2 nitrogen and oxygen atoms in total. The van der Waals surface area contributed by atoms with Crippen LogP contribution in [0.4, 0.5) is 14.5 Å². The van der Waals surface area contributed by atoms with Crippen LogP contribution in [-0.4, -0.2) is 5.91 Å². The van der Waals surface area contributed by atoms with Crippen LogP contribution < -0.4 is 5.32 Å². The minimum absolute atomic E-state index is 0.0586. The topological polar surface area (TPSA) is 29.1 Å². The van der Waals surface area contributed by atoms with Crippen LogP contribution in [0, 0.1) is 11.6 Å². The molecule has 0 radical (unpaired) electrons. The van der Waals surface area contributed by atoms with Crippen molar-refractivity contribution in [1.82, 2.24) is 0 Å². The zero-order valence-electron chi connectivity index (χ0n) is 8.34. The third-order valence-electron chi connectivity index (χ3n) is 2.00. The molecule has 1 heterocycles. The zero-order chi connectivity index (χ0) is 12.4. The van der Waals surface area contributed by atoms with Crippen molar-refractivity contribution in [1.29, 1.82) is 0 Å². The second kappa shape index (κ2) is 4.93. The van der Waals surface area contributed by atoms with E-state index in [1.807, 2.05) is 0 Å². The third kappa shape index (κ3) is 2.70. The molecule has 17 heavy (non-hydrogen) atoms. The standard InChI is InChI=1S/C11H6BrF2NOS/c12-6-4-9(8(14)5-7(6)13)15-11(16)10-2-1-3-17-10/h1-5H,(H,15,16). The van der Waals surface area contributed by atoms with Gasteiger partial charge in [0.2, 0.25) is 0 Å². The molecular formula is C11H6BrF2NOS. The van der Waals surface area contributed by atoms with E-state index in [0.29, 0.717) is 10.9 Å². The summed E-state index contributed by atoms with van der Waals surface area (Å²) in [6, 6.07) is 5.25. The highest BCUT2D eigenvalue weighted by Crippen LogP contribution is 2.24. The van der Waals surface area contributed by atoms with Gasteiger partial charge in [-0.05, 0) is 33.4 Å². The van der Waals surface area contributed by atoms with Gasteiger partial charge in [-0.25, -0.2) is 8.78 Å². The van der Waals surface area contributed by atoms with Gasteiger partial charge in [-0.1, -0.05) is 6.07 Å². The molecule has 0 aliphatic carbocycles. The number of halogens is 3. The molecule has 88 valence electrons. The van der Waals surface area contributed by atoms with Gasteiger partial charge in [-0.15, -0.1) is 11.3 Å². The Kier molecular flexibility index (Phi) is 3.54. The SMILES string of the molecule is O=C(Nc1cc(Br)c(F)cc1F)c1cccs1. The van der Waals surface area contributed by atoms with Crippen LogP contribution in [0.25, 0.3) is 0 Å². The van der Waals surface area contributed by atoms with E-state index in [1.54, 1.807) is 17.5 Å². The van der Waals surface area contributed by atoms with Gasteiger partial charge < -0.3 is 5.32 Å². The normalized spacial score (nSPS) is 10.3. The Morgan fingerprint density at radius 1 is 1.29 bits per heavy atom. The van der Waals surface area contributed by atoms with Crippen molar-refractivity contribution in [3.63, 3.8) is 0 Å². The molecular weight excluding hydrogens is 312 g/mol. The molecule has 0 bridgehead atoms. The number of hydrogen-bond donors (Lipinski definition) is 1. The summed E-state index contributed by atoms with van der Waals surface area (Å²) >= 11 is 4.17. The van der Waals surface area contributed by atoms with Crippen molar-refractivity contribution in [3.05, 3.63) is 50.6 Å². The van der Waals surface area contributed by atoms with Crippen LogP contribution >= 0.6 is 27.3 Å². The van der Waals surface area contributed by atoms with E-state index >= 15 is 0 Å². The fourth-order valence-corrected chi connectivity index (χ4v) is 2.17. The second-order valence-electron chi connectivity index (χ2n) is 3.18. The van der Waals surface area contributed by atoms with Gasteiger partial charge >= 0.3 is 0 Å². The quantitative estimate of drug-likeness (QED) is 0.832. The first-order valence-electron chi connectivity index (χ1n) is 4.57. The summed E-state index contributed by atoms with van der Waals surface area (Å²) in [4.78, 5) is 12.1. The number of nitrogens with one attached hydrogen (secondary N) is 1. The molecule has 0 aliphatic heterocycles. The fraction of sp³-hybridized carbons (Fsp3) is 0. The molecule has 0 spiro atoms. The molecule has 0 aliphatic rings. The lowest BCUT2D eigenvalue weighted by Crippen LogP contribution is -2.11. The predicted molar refractivity (Wildman–Crippen MR) is 66.3 cm³/mol. The summed E-state index contributed by atoms with van der Waals surface area (Å²) in [6.45, 7) is 0. The molecule has 1 N–H and O–H groups in total. The Bertz CT molecular complexity index is 557. The average Bonchev–Trinajstić information content (AvgIpc) is 2.79.